The number of amides is 5. The van der Waals surface area contributed by atoms with Crippen LogP contribution < -0.4 is 31.1 Å². The van der Waals surface area contributed by atoms with Crippen molar-refractivity contribution in [2.75, 3.05) is 192 Å². The number of halogens is 6. The van der Waals surface area contributed by atoms with Gasteiger partial charge in [0.15, 0.2) is 33.9 Å². The van der Waals surface area contributed by atoms with E-state index in [9.17, 15) is 73.8 Å². The molecule has 0 aliphatic carbocycles. The Morgan fingerprint density at radius 3 is 1.00 bits per heavy atom. The SMILES string of the molecule is CN1Cc2c(Cl)cc(Cl)cc2[C@@H](c2ccc(S(=O)(=O)CCCOCCOCCOCCCC(=O)C(O)C(O)C(=O)NCCOCCOCCOCCNS(=O)(=O)c3ccc([C@H]4CN(C)Cc5c(Cl)cc(Cl)cc54)cc3)cc2)C1.CN1Cc2c(Cl)cc(Cl)cc2[C@@H](c2ccc(S(=O)(=O)NCCOCCOCCOCCN)cc2)C1.O=C(O)C(O)C(O)C(=O)O.O=C1CCC(=O)N1.O=C1CCC(=O)N1. The van der Waals surface area contributed by atoms with Crippen molar-refractivity contribution in [1.82, 2.24) is 40.1 Å². The standard InChI is InChI=1S/C54H70Cl4N4O14S2.C24H33Cl2N3O5S.2C4H5NO2.C4H6O6/c1-61-33-45(43-29-39(55)31-49(57)47(43)35-61)37-6-10-41(11-7-37)77(67,68)28-4-17-72-21-25-75-24-20-71-16-3-5-51(63)52(64)53(65)54(66)59-14-18-73-22-26-76-27-23-74-19-15-60-78(69,70)42-12-8-38(9-13-42)46-34-62(2)36-48-44(46)30-40(56)32-50(48)58;1-29-16-22(21-14-19(25)15-24(26)23(21)17-29)18-2-4-20(5-3-18)35(30,31)28-7-9-33-11-13-34-12-10-32-8-6-27;2*6-3-1-2-4(7)5-3;5-1(3(7)8)2(6)4(9)10/h6-13,29-32,45-46,52-53,60,64-65H,3-5,14-28,33-36H2,1-2H3,(H,59,66);2-5,14-15,22,28H,6-13,16-17,27H2,1H3;2*1-2H2,(H,5,6,7);1-2,5-6H,(H,7,8)(H,9,10)/t45-,46-,52?,53?;22-;;;/m11.../s1. The highest BCUT2D eigenvalue weighted by Crippen LogP contribution is 2.42. The number of nitrogens with one attached hydrogen (secondary N) is 5. The molecule has 5 aliphatic rings. The number of sulfone groups is 1. The van der Waals surface area contributed by atoms with Crippen LogP contribution in [0.4, 0.5) is 0 Å². The summed E-state index contributed by atoms with van der Waals surface area (Å²) in [6, 6.07) is 31.8. The Bertz CT molecular complexity index is 5020. The molecule has 6 aromatic rings. The van der Waals surface area contributed by atoms with Gasteiger partial charge in [0.25, 0.3) is 5.91 Å². The van der Waals surface area contributed by atoms with Crippen molar-refractivity contribution in [3.63, 3.8) is 0 Å². The molecule has 5 heterocycles. The van der Waals surface area contributed by atoms with Crippen LogP contribution in [0.2, 0.25) is 30.1 Å². The number of imide groups is 2. The molecule has 0 bridgehead atoms. The van der Waals surface area contributed by atoms with Crippen LogP contribution in [0, 0.1) is 0 Å². The number of carbonyl (C=O) groups excluding carboxylic acids is 6. The van der Waals surface area contributed by atoms with E-state index in [1.165, 1.54) is 0 Å². The number of ketones is 1. The summed E-state index contributed by atoms with van der Waals surface area (Å²) >= 11 is 38.3. The third-order valence-electron chi connectivity index (χ3n) is 21.3. The summed E-state index contributed by atoms with van der Waals surface area (Å²) in [5.74, 6) is -5.78. The van der Waals surface area contributed by atoms with Crippen molar-refractivity contribution in [3.05, 3.63) is 189 Å². The van der Waals surface area contributed by atoms with Gasteiger partial charge >= 0.3 is 11.9 Å². The largest absolute Gasteiger partial charge is 0.479 e. The van der Waals surface area contributed by atoms with E-state index in [1.54, 1.807) is 54.6 Å². The Labute approximate surface area is 826 Å². The fraction of sp³-hybridized carbons (Fsp3) is 0.511. The lowest BCUT2D eigenvalue weighted by molar-refractivity contribution is -0.165. The molecule has 7 atom stereocenters. The van der Waals surface area contributed by atoms with E-state index in [1.807, 2.05) is 75.7 Å². The van der Waals surface area contributed by atoms with Crippen LogP contribution in [-0.4, -0.2) is 334 Å². The van der Waals surface area contributed by atoms with Crippen molar-refractivity contribution < 1.29 is 137 Å². The normalized spacial score (nSPS) is 17.0. The maximum atomic E-state index is 13.0. The average molecular weight is 2100 g/mol. The summed E-state index contributed by atoms with van der Waals surface area (Å²) in [7, 11) is -4.86. The number of nitrogens with zero attached hydrogens (tertiary/aromatic N) is 3. The molecule has 0 spiro atoms. The number of likely N-dealkylation sites (N-methyl/N-ethyl adjacent to an activating group) is 3. The molecule has 5 amide bonds. The molecule has 47 heteroatoms. The van der Waals surface area contributed by atoms with Gasteiger partial charge in [0, 0.05) is 159 Å². The van der Waals surface area contributed by atoms with E-state index in [0.29, 0.717) is 115 Å². The van der Waals surface area contributed by atoms with Crippen LogP contribution in [0.5, 0.6) is 0 Å². The van der Waals surface area contributed by atoms with Crippen LogP contribution in [0.15, 0.2) is 124 Å². The van der Waals surface area contributed by atoms with E-state index in [-0.39, 0.29) is 180 Å². The van der Waals surface area contributed by atoms with Gasteiger partial charge in [0.05, 0.1) is 126 Å². The van der Waals surface area contributed by atoms with Crippen LogP contribution in [-0.2, 0) is 131 Å². The predicted molar refractivity (Wildman–Crippen MR) is 508 cm³/mol. The predicted octanol–water partition coefficient (Wildman–Crippen LogP) is 5.46. The van der Waals surface area contributed by atoms with Gasteiger partial charge in [-0.05, 0) is 157 Å². The molecule has 4 unspecified atom stereocenters. The Morgan fingerprint density at radius 2 is 0.693 bits per heavy atom. The average Bonchev–Trinajstić information content (AvgIpc) is 1.09. The second kappa shape index (κ2) is 60.1. The Hall–Kier alpha value is -7.49. The summed E-state index contributed by atoms with van der Waals surface area (Å²) in [6.07, 6.45) is -6.45. The topological polar surface area (TPSA) is 539 Å². The number of rotatable bonds is 51. The number of hydrogen-bond acceptors (Lipinski definition) is 31. The highest BCUT2D eigenvalue weighted by molar-refractivity contribution is 7.91. The number of hydrogen-bond donors (Lipinski definition) is 12. The number of sulfonamides is 2. The number of aliphatic carboxylic acids is 2. The Morgan fingerprint density at radius 1 is 0.401 bits per heavy atom. The minimum absolute atomic E-state index is 0.00700. The lowest BCUT2D eigenvalue weighted by Gasteiger charge is -2.33. The van der Waals surface area contributed by atoms with Crippen LogP contribution >= 0.6 is 69.6 Å². The molecule has 38 nitrogen and oxygen atoms in total. The molecule has 2 fully saturated rings. The molecule has 11 rings (SSSR count). The first-order valence-electron chi connectivity index (χ1n) is 43.7. The number of carbonyl (C=O) groups is 8. The van der Waals surface area contributed by atoms with Gasteiger partial charge in [-0.15, -0.1) is 0 Å². The van der Waals surface area contributed by atoms with E-state index in [0.717, 1.165) is 76.3 Å². The van der Waals surface area contributed by atoms with Crippen molar-refractivity contribution in [2.24, 2.45) is 5.73 Å². The molecule has 2 saturated heterocycles. The molecule has 0 radical (unpaired) electrons. The molecular formula is C90H119Cl6N9O29S3. The lowest BCUT2D eigenvalue weighted by Crippen LogP contribution is -2.46. The first-order chi connectivity index (χ1) is 65.2. The van der Waals surface area contributed by atoms with Crippen LogP contribution in [0.1, 0.15) is 113 Å². The second-order valence-corrected chi connectivity index (χ2v) is 40.0. The molecule has 13 N–H and O–H groups in total. The monoisotopic (exact) mass is 2100 g/mol. The van der Waals surface area contributed by atoms with E-state index >= 15 is 0 Å². The summed E-state index contributed by atoms with van der Waals surface area (Å²) in [6.45, 7) is 10.2. The van der Waals surface area contributed by atoms with Crippen molar-refractivity contribution in [1.29, 1.82) is 0 Å². The molecule has 0 aromatic heterocycles. The molecule has 137 heavy (non-hydrogen) atoms. The quantitative estimate of drug-likeness (QED) is 0.0166. The van der Waals surface area contributed by atoms with Gasteiger partial charge < -0.3 is 99.0 Å². The third-order valence-corrected chi connectivity index (χ3v) is 27.7. The summed E-state index contributed by atoms with van der Waals surface area (Å²) in [5.41, 5.74) is 14.5. The number of nitrogens with two attached hydrogens (primary N) is 1. The maximum Gasteiger partial charge on any atom is 0.335 e. The zero-order valence-corrected chi connectivity index (χ0v) is 82.9. The number of fused-ring (bicyclic) bond motifs is 3. The minimum Gasteiger partial charge on any atom is -0.479 e. The number of benzene rings is 6. The first kappa shape index (κ1) is 116. The molecule has 0 saturated carbocycles. The number of ether oxygens (including phenoxy) is 9. The smallest absolute Gasteiger partial charge is 0.335 e. The fourth-order valence-electron chi connectivity index (χ4n) is 14.4. The van der Waals surface area contributed by atoms with Gasteiger partial charge in [0.1, 0.15) is 6.10 Å². The maximum absolute atomic E-state index is 13.0. The molecule has 758 valence electrons. The minimum atomic E-state index is -3.77. The molecule has 5 aliphatic heterocycles. The zero-order chi connectivity index (χ0) is 100. The van der Waals surface area contributed by atoms with Crippen molar-refractivity contribution >= 4 is 147 Å². The van der Waals surface area contributed by atoms with Gasteiger partial charge in [0.2, 0.25) is 43.7 Å². The first-order valence-corrected chi connectivity index (χ1v) is 50.6. The van der Waals surface area contributed by atoms with Gasteiger partial charge in [-0.3, -0.25) is 39.4 Å². The van der Waals surface area contributed by atoms with E-state index in [2.05, 4.69) is 40.1 Å². The number of carboxylic acid groups (broad SMARTS) is 2. The Balaban J connectivity index is 0.000000348. The van der Waals surface area contributed by atoms with E-state index in [4.69, 9.17) is 138 Å². The number of Topliss-reactive ketones (excluding diaryl/α,β-unsaturated/α-hetero) is 1. The van der Waals surface area contributed by atoms with E-state index < -0.39 is 77.9 Å². The van der Waals surface area contributed by atoms with Crippen LogP contribution in [0.25, 0.3) is 0 Å². The fourth-order valence-corrected chi connectivity index (χ4v) is 19.4. The summed E-state index contributed by atoms with van der Waals surface area (Å²) in [4.78, 5) is 91.8. The highest BCUT2D eigenvalue weighted by atomic mass is 35.5. The number of carboxylic acids is 2. The van der Waals surface area contributed by atoms with Gasteiger partial charge in [-0.2, -0.15) is 0 Å². The van der Waals surface area contributed by atoms with Gasteiger partial charge in [-0.1, -0.05) is 106 Å². The van der Waals surface area contributed by atoms with Crippen molar-refractivity contribution in [3.8, 4) is 0 Å². The highest BCUT2D eigenvalue weighted by Gasteiger charge is 2.35. The second-order valence-electron chi connectivity index (χ2n) is 31.8. The lowest BCUT2D eigenvalue weighted by atomic mass is 9.85. The summed E-state index contributed by atoms with van der Waals surface area (Å²) < 4.78 is 131. The molecule has 6 aromatic carbocycles. The third kappa shape index (κ3) is 40.1. The van der Waals surface area contributed by atoms with Gasteiger partial charge in [-0.25, -0.2) is 44.3 Å². The zero-order valence-electron chi connectivity index (χ0n) is 75.9. The summed E-state index contributed by atoms with van der Waals surface area (Å²) in [5, 5.41) is 63.2. The molecular weight excluding hydrogens is 1980 g/mol. The van der Waals surface area contributed by atoms with Crippen molar-refractivity contribution in [2.45, 2.75) is 121 Å². The Kier molecular flexibility index (Phi) is 51.1. The number of aliphatic hydroxyl groups excluding tert-OH is 4. The van der Waals surface area contributed by atoms with Crippen LogP contribution in [0.3, 0.4) is 0 Å². The number of aliphatic hydroxyl groups is 4.